The highest BCUT2D eigenvalue weighted by Gasteiger charge is 2.68. The first-order valence-electron chi connectivity index (χ1n) is 11.4. The maximum atomic E-state index is 2.70. The number of nitrogens with zero attached hydrogens (tertiary/aromatic N) is 1. The quantitative estimate of drug-likeness (QED) is 0.331. The second-order valence-corrected chi connectivity index (χ2v) is 9.04. The van der Waals surface area contributed by atoms with Gasteiger partial charge in [-0.05, 0) is 36.1 Å². The smallest absolute Gasteiger partial charge is 0.191 e. The van der Waals surface area contributed by atoms with Crippen molar-refractivity contribution in [3.63, 3.8) is 0 Å². The number of aromatic nitrogens is 1. The topological polar surface area (TPSA) is 3.88 Å². The standard InChI is InChI=1S/C29H28N/c1-3-28-18-19-29(28,4-2)30-20-25(21-12-6-5-7-13-21)22-14-8-9-15-23(22)27(30)24-16-10-11-17-26(24)28/h5-17,20H,3-4,18-19H2,1-2H3/q+1. The molecule has 1 aliphatic carbocycles. The Morgan fingerprint density at radius 1 is 0.700 bits per heavy atom. The maximum absolute atomic E-state index is 2.70. The fourth-order valence-corrected chi connectivity index (χ4v) is 6.72. The van der Waals surface area contributed by atoms with E-state index in [9.17, 15) is 0 Å². The minimum atomic E-state index is 0.166. The number of benzene rings is 3. The van der Waals surface area contributed by atoms with E-state index < -0.39 is 0 Å². The molecule has 6 rings (SSSR count). The Morgan fingerprint density at radius 2 is 1.40 bits per heavy atom. The lowest BCUT2D eigenvalue weighted by Crippen LogP contribution is -2.75. The zero-order chi connectivity index (χ0) is 20.3. The number of hydrogen-bond acceptors (Lipinski definition) is 0. The molecule has 0 N–H and O–H groups in total. The van der Waals surface area contributed by atoms with Crippen LogP contribution in [0, 0.1) is 0 Å². The Labute approximate surface area is 179 Å². The van der Waals surface area contributed by atoms with Crippen molar-refractivity contribution in [3.05, 3.63) is 90.6 Å². The molecule has 4 aromatic rings. The van der Waals surface area contributed by atoms with Crippen LogP contribution in [0.5, 0.6) is 0 Å². The van der Waals surface area contributed by atoms with Gasteiger partial charge in [0.05, 0.1) is 21.9 Å². The fourth-order valence-electron chi connectivity index (χ4n) is 6.72. The minimum Gasteiger partial charge on any atom is -0.191 e. The molecule has 3 aromatic carbocycles. The van der Waals surface area contributed by atoms with Crippen LogP contribution in [0.3, 0.4) is 0 Å². The first-order valence-corrected chi connectivity index (χ1v) is 11.4. The SMILES string of the molecule is CCC12CCC1(CC)[n+]1cc(-c3ccccc3)c3ccccc3c1-c1ccccc12. The van der Waals surface area contributed by atoms with Gasteiger partial charge in [0.25, 0.3) is 0 Å². The van der Waals surface area contributed by atoms with Crippen LogP contribution < -0.4 is 4.57 Å². The molecule has 0 saturated heterocycles. The van der Waals surface area contributed by atoms with Crippen molar-refractivity contribution in [2.45, 2.75) is 50.5 Å². The summed E-state index contributed by atoms with van der Waals surface area (Å²) in [6.07, 6.45) is 7.39. The molecule has 1 aromatic heterocycles. The van der Waals surface area contributed by atoms with Crippen LogP contribution in [-0.2, 0) is 11.0 Å². The van der Waals surface area contributed by atoms with E-state index >= 15 is 0 Å². The zero-order valence-corrected chi connectivity index (χ0v) is 17.9. The van der Waals surface area contributed by atoms with Crippen molar-refractivity contribution < 1.29 is 4.57 Å². The number of rotatable bonds is 3. The van der Waals surface area contributed by atoms with Crippen LogP contribution in [-0.4, -0.2) is 0 Å². The van der Waals surface area contributed by atoms with Crippen LogP contribution >= 0.6 is 0 Å². The van der Waals surface area contributed by atoms with Gasteiger partial charge in [0, 0.05) is 18.2 Å². The average Bonchev–Trinajstić information content (AvgIpc) is 2.80. The van der Waals surface area contributed by atoms with Crippen molar-refractivity contribution in [2.24, 2.45) is 0 Å². The van der Waals surface area contributed by atoms with Crippen molar-refractivity contribution >= 4 is 10.8 Å². The normalized spacial score (nSPS) is 23.9. The lowest BCUT2D eigenvalue weighted by molar-refractivity contribution is -0.782. The molecular formula is C29H28N+. The van der Waals surface area contributed by atoms with Crippen LogP contribution in [0.2, 0.25) is 0 Å². The van der Waals surface area contributed by atoms with E-state index in [0.29, 0.717) is 0 Å². The second kappa shape index (κ2) is 6.28. The van der Waals surface area contributed by atoms with E-state index in [1.165, 1.54) is 58.8 Å². The molecule has 2 atom stereocenters. The molecule has 0 spiro atoms. The molecule has 2 aliphatic rings. The van der Waals surface area contributed by atoms with E-state index in [2.05, 4.69) is 103 Å². The minimum absolute atomic E-state index is 0.166. The third-order valence-electron chi connectivity index (χ3n) is 8.26. The summed E-state index contributed by atoms with van der Waals surface area (Å²) >= 11 is 0. The number of pyridine rings is 1. The lowest BCUT2D eigenvalue weighted by Gasteiger charge is -2.57. The van der Waals surface area contributed by atoms with Crippen molar-refractivity contribution in [1.82, 2.24) is 0 Å². The predicted octanol–water partition coefficient (Wildman–Crippen LogP) is 7.02. The van der Waals surface area contributed by atoms with Crippen LogP contribution in [0.4, 0.5) is 0 Å². The predicted molar refractivity (Wildman–Crippen MR) is 124 cm³/mol. The van der Waals surface area contributed by atoms with E-state index in [1.807, 2.05) is 0 Å². The highest BCUT2D eigenvalue weighted by atomic mass is 15.1. The van der Waals surface area contributed by atoms with Gasteiger partial charge in [-0.15, -0.1) is 0 Å². The monoisotopic (exact) mass is 390 g/mol. The summed E-state index contributed by atoms with van der Waals surface area (Å²) in [6, 6.07) is 29.1. The van der Waals surface area contributed by atoms with Gasteiger partial charge >= 0.3 is 0 Å². The summed E-state index contributed by atoms with van der Waals surface area (Å²) in [5, 5.41) is 2.72. The van der Waals surface area contributed by atoms with Gasteiger partial charge < -0.3 is 0 Å². The van der Waals surface area contributed by atoms with Crippen molar-refractivity contribution in [1.29, 1.82) is 0 Å². The Morgan fingerprint density at radius 3 is 2.10 bits per heavy atom. The molecule has 1 fully saturated rings. The van der Waals surface area contributed by atoms with Crippen LogP contribution in [0.25, 0.3) is 33.2 Å². The van der Waals surface area contributed by atoms with Crippen LogP contribution in [0.1, 0.15) is 45.1 Å². The van der Waals surface area contributed by atoms with Gasteiger partial charge in [0.15, 0.2) is 11.7 Å². The first kappa shape index (κ1) is 17.9. The Hall–Kier alpha value is -2.93. The largest absolute Gasteiger partial charge is 0.221 e. The zero-order valence-electron chi connectivity index (χ0n) is 17.9. The first-order chi connectivity index (χ1) is 14.8. The average molecular weight is 391 g/mol. The third-order valence-corrected chi connectivity index (χ3v) is 8.26. The van der Waals surface area contributed by atoms with E-state index in [1.54, 1.807) is 5.56 Å². The molecule has 0 radical (unpaired) electrons. The number of hydrogen-bond donors (Lipinski definition) is 0. The summed E-state index contributed by atoms with van der Waals surface area (Å²) in [6.45, 7) is 4.79. The maximum Gasteiger partial charge on any atom is 0.221 e. The van der Waals surface area contributed by atoms with Crippen molar-refractivity contribution in [2.75, 3.05) is 0 Å². The summed E-state index contributed by atoms with van der Waals surface area (Å²) in [4.78, 5) is 0. The van der Waals surface area contributed by atoms with Gasteiger partial charge in [0.2, 0.25) is 5.69 Å². The van der Waals surface area contributed by atoms with Gasteiger partial charge in [-0.1, -0.05) is 80.6 Å². The molecule has 1 heteroatoms. The lowest BCUT2D eigenvalue weighted by atomic mass is 9.47. The summed E-state index contributed by atoms with van der Waals surface area (Å²) in [5.41, 5.74) is 7.46. The van der Waals surface area contributed by atoms with Gasteiger partial charge in [-0.3, -0.25) is 0 Å². The van der Waals surface area contributed by atoms with Gasteiger partial charge in [-0.25, -0.2) is 0 Å². The Kier molecular flexibility index (Phi) is 3.75. The molecule has 0 bridgehead atoms. The van der Waals surface area contributed by atoms with Gasteiger partial charge in [0.1, 0.15) is 0 Å². The van der Waals surface area contributed by atoms with E-state index in [0.717, 1.165) is 0 Å². The Bertz CT molecular complexity index is 1260. The molecule has 0 amide bonds. The summed E-state index contributed by atoms with van der Waals surface area (Å²) in [5.74, 6) is 0. The second-order valence-electron chi connectivity index (χ2n) is 9.04. The highest BCUT2D eigenvalue weighted by molar-refractivity contribution is 6.02. The highest BCUT2D eigenvalue weighted by Crippen LogP contribution is 2.62. The summed E-state index contributed by atoms with van der Waals surface area (Å²) in [7, 11) is 0. The third kappa shape index (κ3) is 2.01. The Balaban J connectivity index is 1.80. The number of fused-ring (bicyclic) bond motifs is 8. The molecule has 1 saturated carbocycles. The molecule has 1 nitrogen and oxygen atoms in total. The molecular weight excluding hydrogens is 362 g/mol. The fraction of sp³-hybridized carbons (Fsp3) is 0.276. The molecule has 2 unspecified atom stereocenters. The molecule has 1 aliphatic heterocycles. The van der Waals surface area contributed by atoms with Crippen molar-refractivity contribution in [3.8, 4) is 22.4 Å². The molecule has 30 heavy (non-hydrogen) atoms. The van der Waals surface area contributed by atoms with Gasteiger partial charge in [-0.2, -0.15) is 4.57 Å². The van der Waals surface area contributed by atoms with Crippen LogP contribution in [0.15, 0.2) is 85.1 Å². The van der Waals surface area contributed by atoms with E-state index in [4.69, 9.17) is 0 Å². The summed E-state index contributed by atoms with van der Waals surface area (Å²) < 4.78 is 2.70. The van der Waals surface area contributed by atoms with E-state index in [-0.39, 0.29) is 11.0 Å². The molecule has 148 valence electrons. The molecule has 2 heterocycles.